The summed E-state index contributed by atoms with van der Waals surface area (Å²) in [6.07, 6.45) is -0.0600. The molecule has 70 valence electrons. The van der Waals surface area contributed by atoms with Gasteiger partial charge in [0.1, 0.15) is 0 Å². The molecular weight excluding hydrogens is 279 g/mol. The Morgan fingerprint density at radius 1 is 1.46 bits per heavy atom. The largest absolute Gasteiger partial charge is 0.481 e. The SMILES string of the molecule is O=C(O)Cc1cc(Cl)c(Cl)c(Br)c1. The Balaban J connectivity index is 3.06. The van der Waals surface area contributed by atoms with Crippen LogP contribution in [0.4, 0.5) is 0 Å². The average molecular weight is 284 g/mol. The van der Waals surface area contributed by atoms with E-state index in [1.807, 2.05) is 0 Å². The molecule has 0 atom stereocenters. The molecule has 0 bridgehead atoms. The van der Waals surface area contributed by atoms with Crippen molar-refractivity contribution in [3.8, 4) is 0 Å². The van der Waals surface area contributed by atoms with Gasteiger partial charge < -0.3 is 5.11 Å². The van der Waals surface area contributed by atoms with Gasteiger partial charge in [0, 0.05) is 4.47 Å². The number of hydrogen-bond donors (Lipinski definition) is 1. The first-order chi connectivity index (χ1) is 6.00. The molecule has 0 saturated carbocycles. The number of benzene rings is 1. The van der Waals surface area contributed by atoms with Gasteiger partial charge in [0.25, 0.3) is 0 Å². The van der Waals surface area contributed by atoms with E-state index in [0.29, 0.717) is 20.1 Å². The summed E-state index contributed by atoms with van der Waals surface area (Å²) in [7, 11) is 0. The first-order valence-electron chi connectivity index (χ1n) is 3.36. The highest BCUT2D eigenvalue weighted by atomic mass is 79.9. The summed E-state index contributed by atoms with van der Waals surface area (Å²) in [6, 6.07) is 3.19. The van der Waals surface area contributed by atoms with Crippen LogP contribution in [0, 0.1) is 0 Å². The monoisotopic (exact) mass is 282 g/mol. The van der Waals surface area contributed by atoms with Crippen LogP contribution in [0.2, 0.25) is 10.0 Å². The lowest BCUT2D eigenvalue weighted by molar-refractivity contribution is -0.136. The zero-order valence-electron chi connectivity index (χ0n) is 6.35. The van der Waals surface area contributed by atoms with Gasteiger partial charge in [-0.05, 0) is 33.6 Å². The zero-order valence-corrected chi connectivity index (χ0v) is 9.45. The molecule has 0 heterocycles. The normalized spacial score (nSPS) is 10.1. The number of hydrogen-bond acceptors (Lipinski definition) is 1. The van der Waals surface area contributed by atoms with Gasteiger partial charge in [-0.3, -0.25) is 4.79 Å². The van der Waals surface area contributed by atoms with Crippen molar-refractivity contribution < 1.29 is 9.90 Å². The summed E-state index contributed by atoms with van der Waals surface area (Å²) in [5, 5.41) is 9.28. The van der Waals surface area contributed by atoms with Crippen LogP contribution in [0.25, 0.3) is 0 Å². The Bertz CT molecular complexity index is 329. The van der Waals surface area contributed by atoms with Crippen LogP contribution in [0.15, 0.2) is 16.6 Å². The highest BCUT2D eigenvalue weighted by Gasteiger charge is 2.07. The average Bonchev–Trinajstić information content (AvgIpc) is 1.98. The molecule has 1 aromatic rings. The number of carbonyl (C=O) groups is 1. The van der Waals surface area contributed by atoms with Gasteiger partial charge >= 0.3 is 5.97 Å². The van der Waals surface area contributed by atoms with Crippen molar-refractivity contribution in [2.75, 3.05) is 0 Å². The highest BCUT2D eigenvalue weighted by Crippen LogP contribution is 2.31. The number of rotatable bonds is 2. The van der Waals surface area contributed by atoms with E-state index in [0.717, 1.165) is 0 Å². The van der Waals surface area contributed by atoms with Crippen molar-refractivity contribution in [3.05, 3.63) is 32.2 Å². The lowest BCUT2D eigenvalue weighted by Crippen LogP contribution is -1.99. The first kappa shape index (κ1) is 10.8. The predicted molar refractivity (Wildman–Crippen MR) is 55.5 cm³/mol. The van der Waals surface area contributed by atoms with Gasteiger partial charge in [-0.15, -0.1) is 0 Å². The van der Waals surface area contributed by atoms with E-state index in [-0.39, 0.29) is 6.42 Å². The van der Waals surface area contributed by atoms with Crippen LogP contribution in [0.5, 0.6) is 0 Å². The molecule has 13 heavy (non-hydrogen) atoms. The Morgan fingerprint density at radius 3 is 2.54 bits per heavy atom. The van der Waals surface area contributed by atoms with E-state index in [1.54, 1.807) is 12.1 Å². The molecule has 0 saturated heterocycles. The van der Waals surface area contributed by atoms with Crippen LogP contribution in [0.3, 0.4) is 0 Å². The smallest absolute Gasteiger partial charge is 0.307 e. The van der Waals surface area contributed by atoms with E-state index in [9.17, 15) is 4.79 Å². The van der Waals surface area contributed by atoms with Crippen LogP contribution >= 0.6 is 39.1 Å². The van der Waals surface area contributed by atoms with Gasteiger partial charge in [-0.1, -0.05) is 23.2 Å². The minimum Gasteiger partial charge on any atom is -0.481 e. The number of carboxylic acids is 1. The van der Waals surface area contributed by atoms with Gasteiger partial charge in [0.2, 0.25) is 0 Å². The lowest BCUT2D eigenvalue weighted by atomic mass is 10.1. The molecular formula is C8H5BrCl2O2. The van der Waals surface area contributed by atoms with E-state index < -0.39 is 5.97 Å². The molecule has 0 aliphatic rings. The van der Waals surface area contributed by atoms with Crippen LogP contribution in [-0.2, 0) is 11.2 Å². The fraction of sp³-hybridized carbons (Fsp3) is 0.125. The van der Waals surface area contributed by atoms with Crippen molar-refractivity contribution in [1.82, 2.24) is 0 Å². The van der Waals surface area contributed by atoms with Crippen molar-refractivity contribution in [2.24, 2.45) is 0 Å². The molecule has 0 spiro atoms. The van der Waals surface area contributed by atoms with E-state index in [2.05, 4.69) is 15.9 Å². The maximum Gasteiger partial charge on any atom is 0.307 e. The fourth-order valence-corrected chi connectivity index (χ4v) is 1.86. The zero-order chi connectivity index (χ0) is 10.0. The Labute approximate surface area is 93.6 Å². The van der Waals surface area contributed by atoms with Gasteiger partial charge in [0.15, 0.2) is 0 Å². The Morgan fingerprint density at radius 2 is 2.08 bits per heavy atom. The van der Waals surface area contributed by atoms with Crippen molar-refractivity contribution in [2.45, 2.75) is 6.42 Å². The second kappa shape index (κ2) is 4.31. The molecule has 0 unspecified atom stereocenters. The summed E-state index contributed by atoms with van der Waals surface area (Å²) in [5.41, 5.74) is 0.619. The van der Waals surface area contributed by atoms with Crippen molar-refractivity contribution >= 4 is 45.1 Å². The predicted octanol–water partition coefficient (Wildman–Crippen LogP) is 3.38. The van der Waals surface area contributed by atoms with Crippen molar-refractivity contribution in [3.63, 3.8) is 0 Å². The third-order valence-corrected chi connectivity index (χ3v) is 3.05. The summed E-state index contributed by atoms with van der Waals surface area (Å²) in [6.45, 7) is 0. The Kier molecular flexibility index (Phi) is 3.59. The van der Waals surface area contributed by atoms with Gasteiger partial charge in [-0.2, -0.15) is 0 Å². The van der Waals surface area contributed by atoms with Crippen molar-refractivity contribution in [1.29, 1.82) is 0 Å². The van der Waals surface area contributed by atoms with E-state index in [1.165, 1.54) is 0 Å². The first-order valence-corrected chi connectivity index (χ1v) is 4.91. The molecule has 1 N–H and O–H groups in total. The molecule has 0 radical (unpaired) electrons. The highest BCUT2D eigenvalue weighted by molar-refractivity contribution is 9.10. The minimum absolute atomic E-state index is 0.0600. The van der Waals surface area contributed by atoms with Crippen LogP contribution in [0.1, 0.15) is 5.56 Å². The maximum atomic E-state index is 10.4. The molecule has 2 nitrogen and oxygen atoms in total. The molecule has 0 aliphatic heterocycles. The summed E-state index contributed by atoms with van der Waals surface area (Å²) in [5.74, 6) is -0.898. The third-order valence-electron chi connectivity index (χ3n) is 1.40. The molecule has 1 aromatic carbocycles. The van der Waals surface area contributed by atoms with Crippen LogP contribution in [-0.4, -0.2) is 11.1 Å². The summed E-state index contributed by atoms with van der Waals surface area (Å²) in [4.78, 5) is 10.4. The van der Waals surface area contributed by atoms with E-state index in [4.69, 9.17) is 28.3 Å². The number of aliphatic carboxylic acids is 1. The molecule has 0 aromatic heterocycles. The molecule has 0 aliphatic carbocycles. The molecule has 0 fully saturated rings. The molecule has 1 rings (SSSR count). The van der Waals surface area contributed by atoms with Gasteiger partial charge in [0.05, 0.1) is 16.5 Å². The Hall–Kier alpha value is -0.250. The maximum absolute atomic E-state index is 10.4. The lowest BCUT2D eigenvalue weighted by Gasteiger charge is -2.02. The van der Waals surface area contributed by atoms with E-state index >= 15 is 0 Å². The fourth-order valence-electron chi connectivity index (χ4n) is 0.885. The third kappa shape index (κ3) is 2.86. The van der Waals surface area contributed by atoms with Gasteiger partial charge in [-0.25, -0.2) is 0 Å². The number of carboxylic acid groups (broad SMARTS) is 1. The molecule has 0 amide bonds. The second-order valence-corrected chi connectivity index (χ2v) is 4.08. The minimum atomic E-state index is -0.898. The second-order valence-electron chi connectivity index (χ2n) is 2.44. The quantitative estimate of drug-likeness (QED) is 0.845. The topological polar surface area (TPSA) is 37.3 Å². The number of halogens is 3. The standard InChI is InChI=1S/C8H5BrCl2O2/c9-5-1-4(3-7(12)13)2-6(10)8(5)11/h1-2H,3H2,(H,12,13). The molecule has 5 heteroatoms. The van der Waals surface area contributed by atoms with Crippen LogP contribution < -0.4 is 0 Å². The summed E-state index contributed by atoms with van der Waals surface area (Å²) >= 11 is 14.7. The summed E-state index contributed by atoms with van der Waals surface area (Å²) < 4.78 is 0.609.